The Morgan fingerprint density at radius 2 is 2.06 bits per heavy atom. The van der Waals surface area contributed by atoms with Crippen molar-refractivity contribution < 1.29 is 28.2 Å². The third-order valence-electron chi connectivity index (χ3n) is 7.15. The van der Waals surface area contributed by atoms with E-state index in [4.69, 9.17) is 16.3 Å². The van der Waals surface area contributed by atoms with E-state index >= 15 is 0 Å². The normalized spacial score (nSPS) is 23.7. The highest BCUT2D eigenvalue weighted by Gasteiger charge is 2.54. The molecule has 2 aromatic rings. The Hall–Kier alpha value is -2.98. The number of carbonyl (C=O) groups excluding carboxylic acids is 2. The fourth-order valence-electron chi connectivity index (χ4n) is 5.41. The minimum absolute atomic E-state index is 0.0744. The minimum Gasteiger partial charge on any atom is -0.503 e. The molecule has 8 nitrogen and oxygen atoms in total. The Bertz CT molecular complexity index is 1260. The molecule has 0 aliphatic carbocycles. The number of hydrogen-bond donors (Lipinski definition) is 2. The van der Waals surface area contributed by atoms with Gasteiger partial charge in [-0.1, -0.05) is 17.7 Å². The summed E-state index contributed by atoms with van der Waals surface area (Å²) in [6.45, 7) is 0.910. The van der Waals surface area contributed by atoms with Gasteiger partial charge < -0.3 is 24.6 Å². The van der Waals surface area contributed by atoms with Gasteiger partial charge in [-0.05, 0) is 31.7 Å². The number of ether oxygens (including phenoxy) is 1. The summed E-state index contributed by atoms with van der Waals surface area (Å²) in [7, 11) is 0. The molecule has 3 aliphatic rings. The molecular formula is C23H22ClF2N3O5. The second-order valence-corrected chi connectivity index (χ2v) is 9.23. The number of pyridine rings is 1. The predicted octanol–water partition coefficient (Wildman–Crippen LogP) is 2.76. The third kappa shape index (κ3) is 3.31. The van der Waals surface area contributed by atoms with Gasteiger partial charge in [0.1, 0.15) is 22.2 Å². The lowest BCUT2D eigenvalue weighted by Crippen LogP contribution is -2.65. The molecule has 2 N–H and O–H groups in total. The van der Waals surface area contributed by atoms with Crippen LogP contribution in [0.25, 0.3) is 0 Å². The topological polar surface area (TPSA) is 101 Å². The van der Waals surface area contributed by atoms with Gasteiger partial charge in [0, 0.05) is 31.5 Å². The van der Waals surface area contributed by atoms with Crippen LogP contribution in [0.2, 0.25) is 5.02 Å². The summed E-state index contributed by atoms with van der Waals surface area (Å²) in [5.74, 6) is -4.08. The van der Waals surface area contributed by atoms with Crippen molar-refractivity contribution in [2.45, 2.75) is 43.8 Å². The first-order valence-electron chi connectivity index (χ1n) is 11.0. The average molecular weight is 494 g/mol. The lowest BCUT2D eigenvalue weighted by atomic mass is 9.74. The molecule has 2 fully saturated rings. The number of rotatable bonds is 3. The van der Waals surface area contributed by atoms with E-state index in [1.807, 2.05) is 0 Å². The molecule has 0 unspecified atom stereocenters. The number of halogens is 3. The molecule has 1 aromatic carbocycles. The van der Waals surface area contributed by atoms with E-state index < -0.39 is 50.8 Å². The first-order valence-corrected chi connectivity index (χ1v) is 11.4. The van der Waals surface area contributed by atoms with Crippen LogP contribution in [0.15, 0.2) is 23.1 Å². The predicted molar refractivity (Wildman–Crippen MR) is 117 cm³/mol. The molecule has 3 aliphatic heterocycles. The van der Waals surface area contributed by atoms with Crippen molar-refractivity contribution >= 4 is 23.4 Å². The van der Waals surface area contributed by atoms with Crippen LogP contribution in [0.4, 0.5) is 8.78 Å². The summed E-state index contributed by atoms with van der Waals surface area (Å²) in [4.78, 5) is 40.8. The summed E-state index contributed by atoms with van der Waals surface area (Å²) in [5, 5.41) is 12.4. The summed E-state index contributed by atoms with van der Waals surface area (Å²) in [5.41, 5.74) is -2.15. The zero-order valence-corrected chi connectivity index (χ0v) is 18.8. The molecule has 4 heterocycles. The van der Waals surface area contributed by atoms with E-state index in [0.29, 0.717) is 19.6 Å². The monoisotopic (exact) mass is 493 g/mol. The number of carbonyl (C=O) groups is 2. The number of hydrogen-bond acceptors (Lipinski definition) is 5. The first kappa shape index (κ1) is 22.8. The maximum Gasteiger partial charge on any atom is 0.275 e. The van der Waals surface area contributed by atoms with Gasteiger partial charge in [0.25, 0.3) is 11.8 Å². The second-order valence-electron chi connectivity index (χ2n) is 8.85. The fraction of sp³-hybridized carbons (Fsp3) is 0.435. The largest absolute Gasteiger partial charge is 0.503 e. The number of amides is 2. The average Bonchev–Trinajstić information content (AvgIpc) is 2.83. The molecular weight excluding hydrogens is 472 g/mol. The van der Waals surface area contributed by atoms with Crippen molar-refractivity contribution in [3.05, 3.63) is 62.0 Å². The molecule has 1 aromatic heterocycles. The zero-order valence-electron chi connectivity index (χ0n) is 18.1. The highest BCUT2D eigenvalue weighted by molar-refractivity contribution is 6.30. The molecule has 180 valence electrons. The van der Waals surface area contributed by atoms with Gasteiger partial charge in [-0.15, -0.1) is 0 Å². The van der Waals surface area contributed by atoms with Gasteiger partial charge in [-0.25, -0.2) is 8.78 Å². The summed E-state index contributed by atoms with van der Waals surface area (Å²) in [6.07, 6.45) is 4.40. The van der Waals surface area contributed by atoms with Crippen molar-refractivity contribution in [3.8, 4) is 5.75 Å². The van der Waals surface area contributed by atoms with Crippen molar-refractivity contribution in [1.82, 2.24) is 14.8 Å². The Kier molecular flexibility index (Phi) is 5.60. The van der Waals surface area contributed by atoms with Crippen LogP contribution < -0.4 is 10.7 Å². The van der Waals surface area contributed by atoms with E-state index in [1.54, 1.807) is 4.90 Å². The fourth-order valence-corrected chi connectivity index (χ4v) is 5.60. The van der Waals surface area contributed by atoms with Crippen molar-refractivity contribution in [2.24, 2.45) is 0 Å². The van der Waals surface area contributed by atoms with E-state index in [0.717, 1.165) is 31.4 Å². The molecule has 2 atom stereocenters. The van der Waals surface area contributed by atoms with E-state index in [9.17, 15) is 28.3 Å². The number of nitrogens with one attached hydrogen (secondary N) is 1. The maximum absolute atomic E-state index is 14.2. The number of benzene rings is 1. The SMILES string of the molecule is O=C(NCc1ccc(F)c(Cl)c1F)c1cn2c(c(O)c1=O)C(=O)N1CCCC[C@]13CCOC[C@H]23. The van der Waals surface area contributed by atoms with Gasteiger partial charge in [-0.3, -0.25) is 14.4 Å². The van der Waals surface area contributed by atoms with E-state index in [2.05, 4.69) is 5.32 Å². The summed E-state index contributed by atoms with van der Waals surface area (Å²) in [6, 6.07) is 1.73. The molecule has 2 amide bonds. The number of fused-ring (bicyclic) bond motifs is 2. The van der Waals surface area contributed by atoms with Crippen LogP contribution in [-0.2, 0) is 11.3 Å². The number of nitrogens with zero attached hydrogens (tertiary/aromatic N) is 2. The van der Waals surface area contributed by atoms with Crippen LogP contribution in [0.5, 0.6) is 5.75 Å². The van der Waals surface area contributed by atoms with Crippen molar-refractivity contribution in [1.29, 1.82) is 0 Å². The quantitative estimate of drug-likeness (QED) is 0.640. The Morgan fingerprint density at radius 3 is 2.85 bits per heavy atom. The second kappa shape index (κ2) is 8.35. The Balaban J connectivity index is 1.52. The summed E-state index contributed by atoms with van der Waals surface area (Å²) < 4.78 is 34.7. The smallest absolute Gasteiger partial charge is 0.275 e. The van der Waals surface area contributed by atoms with Crippen LogP contribution in [0.1, 0.15) is 58.1 Å². The van der Waals surface area contributed by atoms with Crippen LogP contribution in [0.3, 0.4) is 0 Å². The molecule has 2 saturated heterocycles. The number of aromatic nitrogens is 1. The highest BCUT2D eigenvalue weighted by Crippen LogP contribution is 2.47. The number of aromatic hydroxyl groups is 1. The van der Waals surface area contributed by atoms with Gasteiger partial charge in [-0.2, -0.15) is 0 Å². The lowest BCUT2D eigenvalue weighted by Gasteiger charge is -2.57. The zero-order chi connectivity index (χ0) is 24.2. The minimum atomic E-state index is -1.02. The van der Waals surface area contributed by atoms with Crippen LogP contribution in [-0.4, -0.2) is 51.7 Å². The van der Waals surface area contributed by atoms with Crippen LogP contribution >= 0.6 is 11.6 Å². The van der Waals surface area contributed by atoms with Crippen molar-refractivity contribution in [3.63, 3.8) is 0 Å². The van der Waals surface area contributed by atoms with Gasteiger partial charge in [0.2, 0.25) is 5.43 Å². The molecule has 5 rings (SSSR count). The first-order chi connectivity index (χ1) is 16.3. The maximum atomic E-state index is 14.2. The molecule has 34 heavy (non-hydrogen) atoms. The third-order valence-corrected chi connectivity index (χ3v) is 7.49. The van der Waals surface area contributed by atoms with Gasteiger partial charge >= 0.3 is 0 Å². The Morgan fingerprint density at radius 1 is 1.26 bits per heavy atom. The molecule has 0 saturated carbocycles. The summed E-state index contributed by atoms with van der Waals surface area (Å²) >= 11 is 5.58. The number of piperidine rings is 1. The van der Waals surface area contributed by atoms with E-state index in [1.165, 1.54) is 10.8 Å². The molecule has 0 bridgehead atoms. The van der Waals surface area contributed by atoms with Gasteiger partial charge in [0.15, 0.2) is 11.4 Å². The Labute approximate surface area is 198 Å². The van der Waals surface area contributed by atoms with E-state index in [-0.39, 0.29) is 30.5 Å². The standard InChI is InChI=1S/C23H22ClF2N3O5/c24-16-14(25)4-3-12(17(16)26)9-27-21(32)13-10-28-15-11-34-8-6-23(15)5-1-2-7-29(23)22(33)18(28)20(31)19(13)30/h3-4,10,15,31H,1-2,5-9,11H2,(H,27,32)/t15-,23+/m0/s1. The lowest BCUT2D eigenvalue weighted by molar-refractivity contribution is -0.0838. The molecule has 11 heteroatoms. The van der Waals surface area contributed by atoms with Crippen molar-refractivity contribution in [2.75, 3.05) is 19.8 Å². The van der Waals surface area contributed by atoms with Gasteiger partial charge in [0.05, 0.1) is 18.2 Å². The highest BCUT2D eigenvalue weighted by atomic mass is 35.5. The molecule has 1 spiro atoms. The van der Waals surface area contributed by atoms with Crippen LogP contribution in [0, 0.1) is 11.6 Å². The molecule has 0 radical (unpaired) electrons.